The minimum absolute atomic E-state index is 0.0402. The summed E-state index contributed by atoms with van der Waals surface area (Å²) in [4.78, 5) is 59.6. The van der Waals surface area contributed by atoms with E-state index in [9.17, 15) is 14.4 Å². The topological polar surface area (TPSA) is 164 Å². The fourth-order valence-electron chi connectivity index (χ4n) is 8.23. The second-order valence-corrected chi connectivity index (χ2v) is 14.9. The third-order valence-corrected chi connectivity index (χ3v) is 11.3. The number of rotatable bonds is 7. The summed E-state index contributed by atoms with van der Waals surface area (Å²) in [7, 11) is 2.85. The maximum Gasteiger partial charge on any atom is 0.407 e. The molecule has 3 N–H and O–H groups in total. The van der Waals surface area contributed by atoms with Gasteiger partial charge in [0.2, 0.25) is 5.91 Å². The molecular weight excluding hydrogens is 739 g/mol. The second kappa shape index (κ2) is 17.7. The number of benzene rings is 3. The monoisotopic (exact) mass is 787 g/mol. The Morgan fingerprint density at radius 2 is 1.50 bits per heavy atom. The number of methoxy groups -OCH3 is 2. The molecule has 14 nitrogen and oxygen atoms in total. The lowest BCUT2D eigenvalue weighted by Gasteiger charge is -2.28. The minimum Gasteiger partial charge on any atom is -0.493 e. The quantitative estimate of drug-likeness (QED) is 0.162. The van der Waals surface area contributed by atoms with Gasteiger partial charge in [-0.1, -0.05) is 60.7 Å². The molecule has 3 aliphatic rings. The molecule has 58 heavy (non-hydrogen) atoms. The smallest absolute Gasteiger partial charge is 0.407 e. The Morgan fingerprint density at radius 3 is 2.29 bits per heavy atom. The molecule has 302 valence electrons. The van der Waals surface area contributed by atoms with Crippen LogP contribution >= 0.6 is 0 Å². The number of fused-ring (bicyclic) bond motifs is 6. The predicted octanol–water partition coefficient (Wildman–Crippen LogP) is 6.76. The van der Waals surface area contributed by atoms with Crippen LogP contribution in [0.3, 0.4) is 0 Å². The van der Waals surface area contributed by atoms with Gasteiger partial charge in [0.1, 0.15) is 23.4 Å². The van der Waals surface area contributed by atoms with Crippen LogP contribution in [-0.2, 0) is 23.8 Å². The highest BCUT2D eigenvalue weighted by molar-refractivity contribution is 5.86. The van der Waals surface area contributed by atoms with Crippen LogP contribution in [0.4, 0.5) is 4.79 Å². The van der Waals surface area contributed by atoms with Crippen molar-refractivity contribution in [3.63, 3.8) is 0 Å². The second-order valence-electron chi connectivity index (χ2n) is 14.9. The molecule has 3 aromatic carbocycles. The van der Waals surface area contributed by atoms with Gasteiger partial charge in [-0.25, -0.2) is 14.8 Å². The Balaban J connectivity index is 1.00. The van der Waals surface area contributed by atoms with Gasteiger partial charge in [0.05, 0.1) is 56.2 Å². The first-order chi connectivity index (χ1) is 28.4. The summed E-state index contributed by atoms with van der Waals surface area (Å²) in [6, 6.07) is 22.8. The summed E-state index contributed by atoms with van der Waals surface area (Å²) < 4.78 is 22.8. The minimum atomic E-state index is -0.869. The fourth-order valence-corrected chi connectivity index (χ4v) is 8.23. The fraction of sp³-hybridized carbons (Fsp3) is 0.386. The number of carbonyl (C=O) groups is 3. The van der Waals surface area contributed by atoms with E-state index in [0.29, 0.717) is 38.5 Å². The molecule has 0 saturated carbocycles. The number of aromatic amines is 2. The Bertz CT molecular complexity index is 2200. The Hall–Kier alpha value is -5.99. The summed E-state index contributed by atoms with van der Waals surface area (Å²) in [6.45, 7) is 2.11. The van der Waals surface area contributed by atoms with Crippen LogP contribution in [0.2, 0.25) is 0 Å². The van der Waals surface area contributed by atoms with Gasteiger partial charge in [0.15, 0.2) is 6.10 Å². The first kappa shape index (κ1) is 38.9. The number of nitrogens with one attached hydrogen (secondary N) is 3. The van der Waals surface area contributed by atoms with E-state index < -0.39 is 18.2 Å². The number of aromatic nitrogens is 4. The molecule has 0 spiro atoms. The van der Waals surface area contributed by atoms with Crippen molar-refractivity contribution < 1.29 is 33.3 Å². The molecule has 5 heterocycles. The highest BCUT2D eigenvalue weighted by atomic mass is 16.5. The maximum atomic E-state index is 13.7. The van der Waals surface area contributed by atoms with Gasteiger partial charge in [-0.3, -0.25) is 9.59 Å². The van der Waals surface area contributed by atoms with Crippen LogP contribution in [0, 0.1) is 0 Å². The van der Waals surface area contributed by atoms with Crippen LogP contribution in [0.25, 0.3) is 33.6 Å². The predicted molar refractivity (Wildman–Crippen MR) is 215 cm³/mol. The number of ether oxygens (including phenoxy) is 4. The Kier molecular flexibility index (Phi) is 11.8. The molecule has 2 aromatic heterocycles. The van der Waals surface area contributed by atoms with Crippen LogP contribution in [-0.4, -0.2) is 101 Å². The maximum absolute atomic E-state index is 13.7. The normalized spacial score (nSPS) is 20.5. The molecule has 3 aliphatic heterocycles. The lowest BCUT2D eigenvalue weighted by Crippen LogP contribution is -2.50. The van der Waals surface area contributed by atoms with E-state index in [1.165, 1.54) is 7.11 Å². The van der Waals surface area contributed by atoms with Gasteiger partial charge < -0.3 is 44.0 Å². The summed E-state index contributed by atoms with van der Waals surface area (Å²) in [5, 5.41) is 2.65. The molecule has 4 atom stereocenters. The molecular formula is C44H49N7O7. The van der Waals surface area contributed by atoms with E-state index >= 15 is 0 Å². The summed E-state index contributed by atoms with van der Waals surface area (Å²) in [5.41, 5.74) is 6.38. The van der Waals surface area contributed by atoms with Gasteiger partial charge in [-0.2, -0.15) is 0 Å². The third-order valence-electron chi connectivity index (χ3n) is 11.3. The Morgan fingerprint density at radius 1 is 0.810 bits per heavy atom. The van der Waals surface area contributed by atoms with E-state index in [-0.39, 0.29) is 30.5 Å². The number of amides is 3. The highest BCUT2D eigenvalue weighted by Gasteiger charge is 2.38. The van der Waals surface area contributed by atoms with E-state index in [0.717, 1.165) is 82.9 Å². The lowest BCUT2D eigenvalue weighted by atomic mass is 10.00. The van der Waals surface area contributed by atoms with Crippen molar-refractivity contribution in [1.29, 1.82) is 0 Å². The SMILES string of the molecule is COC(=O)N[C@H]1COCCCCOc2cc(-c3ccc(-c4cnc([C@@H]5CCCN5C(=O)[C@H](OC)c5ccccc5)[nH]4)cc3)ccc2-c2cnc([nH]2)[C@@H]2CCCN2C1=O. The van der Waals surface area contributed by atoms with Crippen molar-refractivity contribution in [2.75, 3.05) is 47.1 Å². The van der Waals surface area contributed by atoms with Crippen LogP contribution in [0.15, 0.2) is 85.2 Å². The van der Waals surface area contributed by atoms with Crippen LogP contribution in [0.5, 0.6) is 5.75 Å². The number of alkyl carbamates (subject to hydrolysis) is 1. The number of likely N-dealkylation sites (tertiary alicyclic amines) is 1. The molecule has 14 heteroatoms. The number of H-pyrrole nitrogens is 2. The molecule has 2 saturated heterocycles. The van der Waals surface area contributed by atoms with E-state index in [1.54, 1.807) is 18.2 Å². The average molecular weight is 788 g/mol. The van der Waals surface area contributed by atoms with Gasteiger partial charge in [0.25, 0.3) is 5.91 Å². The number of hydrogen-bond acceptors (Lipinski definition) is 9. The first-order valence-electron chi connectivity index (χ1n) is 20.0. The van der Waals surface area contributed by atoms with Gasteiger partial charge in [-0.15, -0.1) is 0 Å². The summed E-state index contributed by atoms with van der Waals surface area (Å²) >= 11 is 0. The molecule has 3 amide bonds. The number of nitrogens with zero attached hydrogens (tertiary/aromatic N) is 4. The third kappa shape index (κ3) is 8.20. The molecule has 0 unspecified atom stereocenters. The standard InChI is InChI=1S/C44H49N7O7/c1-55-39(30-10-4-3-5-11-30)43(53)51-21-9-13-37(51)40-45-25-33(47-40)29-16-14-28(15-17-29)31-18-19-32-34-26-46-41(48-34)36-12-8-20-50(36)42(52)35(49-44(54)56-2)27-57-22-6-7-23-58-38(32)24-31/h3-5,10-11,14-19,24-26,35-37,39H,6-9,12-13,20-23,27H2,1-2H3,(H,45,47)(H,46,48)(H,49,54)/t35-,36-,37-,39+/m0/s1. The van der Waals surface area contributed by atoms with Crippen molar-refractivity contribution in [3.8, 4) is 39.4 Å². The van der Waals surface area contributed by atoms with Crippen molar-refractivity contribution >= 4 is 17.9 Å². The zero-order chi connectivity index (χ0) is 40.0. The largest absolute Gasteiger partial charge is 0.493 e. The van der Waals surface area contributed by atoms with Gasteiger partial charge in [-0.05, 0) is 72.9 Å². The average Bonchev–Trinajstić information content (AvgIpc) is 4.10. The van der Waals surface area contributed by atoms with E-state index in [4.69, 9.17) is 28.9 Å². The molecule has 2 fully saturated rings. The van der Waals surface area contributed by atoms with E-state index in [1.807, 2.05) is 47.5 Å². The molecule has 0 radical (unpaired) electrons. The zero-order valence-electron chi connectivity index (χ0n) is 32.8. The molecule has 2 bridgehead atoms. The van der Waals surface area contributed by atoms with Crippen molar-refractivity contribution in [2.45, 2.75) is 62.8 Å². The van der Waals surface area contributed by atoms with Crippen LogP contribution in [0.1, 0.15) is 73.9 Å². The Labute approximate surface area is 337 Å². The van der Waals surface area contributed by atoms with Crippen LogP contribution < -0.4 is 10.1 Å². The van der Waals surface area contributed by atoms with Gasteiger partial charge in [0, 0.05) is 32.4 Å². The molecule has 0 aliphatic carbocycles. The van der Waals surface area contributed by atoms with Gasteiger partial charge >= 0.3 is 6.09 Å². The van der Waals surface area contributed by atoms with Crippen molar-refractivity contribution in [3.05, 3.63) is 102 Å². The highest BCUT2D eigenvalue weighted by Crippen LogP contribution is 2.38. The number of imidazole rings is 2. The lowest BCUT2D eigenvalue weighted by molar-refractivity contribution is -0.143. The zero-order valence-corrected chi connectivity index (χ0v) is 32.8. The number of carbonyl (C=O) groups excluding carboxylic acids is 3. The molecule has 5 aromatic rings. The van der Waals surface area contributed by atoms with Crippen molar-refractivity contribution in [1.82, 2.24) is 35.1 Å². The summed E-state index contributed by atoms with van der Waals surface area (Å²) in [6.07, 6.45) is 6.99. The van der Waals surface area contributed by atoms with Crippen molar-refractivity contribution in [2.24, 2.45) is 0 Å². The van der Waals surface area contributed by atoms with E-state index in [2.05, 4.69) is 51.7 Å². The molecule has 8 rings (SSSR count). The number of hydrogen-bond donors (Lipinski definition) is 3. The summed E-state index contributed by atoms with van der Waals surface area (Å²) in [5.74, 6) is 1.89. The first-order valence-corrected chi connectivity index (χ1v) is 20.0.